The van der Waals surface area contributed by atoms with Crippen LogP contribution in [-0.4, -0.2) is 42.3 Å². The highest BCUT2D eigenvalue weighted by Crippen LogP contribution is 2.46. The van der Waals surface area contributed by atoms with Gasteiger partial charge in [-0.25, -0.2) is 9.59 Å². The van der Waals surface area contributed by atoms with Gasteiger partial charge in [-0.05, 0) is 40.5 Å². The highest BCUT2D eigenvalue weighted by atomic mass is 16.5. The first-order valence-corrected chi connectivity index (χ1v) is 11.2. The first-order valence-electron chi connectivity index (χ1n) is 11.2. The molecule has 33 heavy (non-hydrogen) atoms. The Morgan fingerprint density at radius 1 is 1.03 bits per heavy atom. The zero-order valence-corrected chi connectivity index (χ0v) is 19.2. The molecule has 0 heterocycles. The fraction of sp³-hybridized carbons (Fsp3) is 0.423. The number of hydrogen-bond acceptors (Lipinski definition) is 4. The summed E-state index contributed by atoms with van der Waals surface area (Å²) in [5.74, 6) is -1.45. The average Bonchev–Trinajstić information content (AvgIpc) is 3.50. The summed E-state index contributed by atoms with van der Waals surface area (Å²) in [5, 5.41) is 14.8. The number of fused-ring (bicyclic) bond motifs is 3. The van der Waals surface area contributed by atoms with Crippen LogP contribution in [0.2, 0.25) is 0 Å². The molecule has 0 unspecified atom stereocenters. The SMILES string of the molecule is CC(C)(C)[C@H](NC(=O)C1(CNC(=O)OCC2c3ccccc3-c3ccccc32)CC1)C(=O)O. The maximum absolute atomic E-state index is 12.8. The number of amides is 2. The molecule has 4 rings (SSSR count). The molecule has 1 saturated carbocycles. The van der Waals surface area contributed by atoms with Crippen molar-refractivity contribution >= 4 is 18.0 Å². The molecule has 1 fully saturated rings. The molecule has 2 aromatic rings. The third-order valence-corrected chi connectivity index (χ3v) is 6.64. The van der Waals surface area contributed by atoms with Crippen LogP contribution in [0, 0.1) is 10.8 Å². The third-order valence-electron chi connectivity index (χ3n) is 6.64. The predicted molar refractivity (Wildman–Crippen MR) is 124 cm³/mol. The topological polar surface area (TPSA) is 105 Å². The van der Waals surface area contributed by atoms with E-state index >= 15 is 0 Å². The van der Waals surface area contributed by atoms with Crippen molar-refractivity contribution < 1.29 is 24.2 Å². The van der Waals surface area contributed by atoms with Crippen LogP contribution in [0.4, 0.5) is 4.79 Å². The molecule has 2 aromatic carbocycles. The van der Waals surface area contributed by atoms with E-state index < -0.39 is 28.9 Å². The molecule has 0 saturated heterocycles. The van der Waals surface area contributed by atoms with E-state index in [4.69, 9.17) is 4.74 Å². The maximum atomic E-state index is 12.8. The van der Waals surface area contributed by atoms with Crippen LogP contribution in [-0.2, 0) is 14.3 Å². The Kier molecular flexibility index (Phi) is 5.91. The van der Waals surface area contributed by atoms with E-state index in [9.17, 15) is 19.5 Å². The second-order valence-electron chi connectivity index (χ2n) is 10.1. The maximum Gasteiger partial charge on any atom is 0.407 e. The van der Waals surface area contributed by atoms with Crippen LogP contribution in [0.15, 0.2) is 48.5 Å². The molecular weight excluding hydrogens is 420 g/mol. The molecule has 0 aliphatic heterocycles. The van der Waals surface area contributed by atoms with Crippen molar-refractivity contribution in [3.63, 3.8) is 0 Å². The monoisotopic (exact) mass is 450 g/mol. The number of nitrogens with one attached hydrogen (secondary N) is 2. The smallest absolute Gasteiger partial charge is 0.407 e. The van der Waals surface area contributed by atoms with Gasteiger partial charge in [-0.15, -0.1) is 0 Å². The van der Waals surface area contributed by atoms with Crippen molar-refractivity contribution in [2.75, 3.05) is 13.2 Å². The number of carbonyl (C=O) groups is 3. The number of ether oxygens (including phenoxy) is 1. The number of carbonyl (C=O) groups excluding carboxylic acids is 2. The number of carboxylic acid groups (broad SMARTS) is 1. The van der Waals surface area contributed by atoms with Gasteiger partial charge >= 0.3 is 12.1 Å². The Morgan fingerprint density at radius 3 is 2.06 bits per heavy atom. The summed E-state index contributed by atoms with van der Waals surface area (Å²) in [6.45, 7) is 5.61. The summed E-state index contributed by atoms with van der Waals surface area (Å²) < 4.78 is 5.54. The number of aliphatic carboxylic acids is 1. The second kappa shape index (κ2) is 8.54. The van der Waals surface area contributed by atoms with Gasteiger partial charge in [0.2, 0.25) is 5.91 Å². The molecule has 0 spiro atoms. The molecular formula is C26H30N2O5. The molecule has 3 N–H and O–H groups in total. The zero-order chi connectivity index (χ0) is 23.8. The molecule has 174 valence electrons. The fourth-order valence-electron chi connectivity index (χ4n) is 4.46. The third kappa shape index (κ3) is 4.58. The number of benzene rings is 2. The summed E-state index contributed by atoms with van der Waals surface area (Å²) in [6.07, 6.45) is 0.610. The summed E-state index contributed by atoms with van der Waals surface area (Å²) in [6, 6.07) is 15.2. The van der Waals surface area contributed by atoms with Crippen molar-refractivity contribution in [2.24, 2.45) is 10.8 Å². The van der Waals surface area contributed by atoms with E-state index in [-0.39, 0.29) is 25.0 Å². The van der Waals surface area contributed by atoms with Gasteiger partial charge in [0.1, 0.15) is 12.6 Å². The Morgan fingerprint density at radius 2 is 1.58 bits per heavy atom. The lowest BCUT2D eigenvalue weighted by Crippen LogP contribution is -2.52. The van der Waals surface area contributed by atoms with E-state index in [1.54, 1.807) is 20.8 Å². The number of alkyl carbamates (subject to hydrolysis) is 1. The fourth-order valence-corrected chi connectivity index (χ4v) is 4.46. The van der Waals surface area contributed by atoms with Gasteiger partial charge < -0.3 is 20.5 Å². The normalized spacial score (nSPS) is 16.8. The molecule has 7 nitrogen and oxygen atoms in total. The van der Waals surface area contributed by atoms with Crippen molar-refractivity contribution in [1.29, 1.82) is 0 Å². The van der Waals surface area contributed by atoms with Crippen molar-refractivity contribution in [2.45, 2.75) is 45.6 Å². The van der Waals surface area contributed by atoms with Crippen molar-refractivity contribution in [3.8, 4) is 11.1 Å². The van der Waals surface area contributed by atoms with Gasteiger partial charge in [-0.1, -0.05) is 69.3 Å². The Bertz CT molecular complexity index is 1040. The van der Waals surface area contributed by atoms with Crippen molar-refractivity contribution in [1.82, 2.24) is 10.6 Å². The number of carboxylic acids is 1. The predicted octanol–water partition coefficient (Wildman–Crippen LogP) is 3.92. The van der Waals surface area contributed by atoms with E-state index in [0.717, 1.165) is 22.3 Å². The lowest BCUT2D eigenvalue weighted by Gasteiger charge is -2.29. The minimum Gasteiger partial charge on any atom is -0.480 e. The molecule has 2 aliphatic carbocycles. The molecule has 0 radical (unpaired) electrons. The van der Waals surface area contributed by atoms with Crippen LogP contribution in [0.3, 0.4) is 0 Å². The van der Waals surface area contributed by atoms with Gasteiger partial charge in [0.15, 0.2) is 0 Å². The first-order chi connectivity index (χ1) is 15.6. The van der Waals surface area contributed by atoms with Crippen LogP contribution in [0.25, 0.3) is 11.1 Å². The summed E-state index contributed by atoms with van der Waals surface area (Å²) >= 11 is 0. The van der Waals surface area contributed by atoms with Crippen LogP contribution in [0.5, 0.6) is 0 Å². The van der Waals surface area contributed by atoms with Crippen LogP contribution in [0.1, 0.15) is 50.7 Å². The molecule has 0 bridgehead atoms. The lowest BCUT2D eigenvalue weighted by atomic mass is 9.86. The molecule has 0 aromatic heterocycles. The summed E-state index contributed by atoms with van der Waals surface area (Å²) in [5.41, 5.74) is 3.17. The van der Waals surface area contributed by atoms with Crippen molar-refractivity contribution in [3.05, 3.63) is 59.7 Å². The lowest BCUT2D eigenvalue weighted by molar-refractivity contribution is -0.145. The Hall–Kier alpha value is -3.35. The highest BCUT2D eigenvalue weighted by Gasteiger charge is 2.51. The first kappa shape index (κ1) is 22.8. The van der Waals surface area contributed by atoms with Crippen LogP contribution < -0.4 is 10.6 Å². The Labute approximate surface area is 193 Å². The van der Waals surface area contributed by atoms with E-state index in [0.29, 0.717) is 12.8 Å². The molecule has 7 heteroatoms. The summed E-state index contributed by atoms with van der Waals surface area (Å²) in [7, 11) is 0. The van der Waals surface area contributed by atoms with Gasteiger partial charge in [-0.2, -0.15) is 0 Å². The molecule has 2 amide bonds. The average molecular weight is 451 g/mol. The standard InChI is InChI=1S/C26H30N2O5/c1-25(2,3)21(22(29)30)28-23(31)26(12-13-26)15-27-24(32)33-14-20-18-10-6-4-8-16(18)17-9-5-7-11-19(17)20/h4-11,20-21H,12-15H2,1-3H3,(H,27,32)(H,28,31)(H,29,30)/t21-/m1/s1. The van der Waals surface area contributed by atoms with E-state index in [1.165, 1.54) is 0 Å². The second-order valence-corrected chi connectivity index (χ2v) is 10.1. The van der Waals surface area contributed by atoms with Gasteiger partial charge in [-0.3, -0.25) is 4.79 Å². The largest absolute Gasteiger partial charge is 0.480 e. The summed E-state index contributed by atoms with van der Waals surface area (Å²) in [4.78, 5) is 36.8. The zero-order valence-electron chi connectivity index (χ0n) is 19.2. The Balaban J connectivity index is 1.34. The number of hydrogen-bond donors (Lipinski definition) is 3. The minimum atomic E-state index is -1.07. The quantitative estimate of drug-likeness (QED) is 0.593. The van der Waals surface area contributed by atoms with Gasteiger partial charge in [0.25, 0.3) is 0 Å². The van der Waals surface area contributed by atoms with Gasteiger partial charge in [0.05, 0.1) is 5.41 Å². The van der Waals surface area contributed by atoms with E-state index in [2.05, 4.69) is 34.9 Å². The molecule has 1 atom stereocenters. The van der Waals surface area contributed by atoms with E-state index in [1.807, 2.05) is 24.3 Å². The van der Waals surface area contributed by atoms with Crippen LogP contribution >= 0.6 is 0 Å². The number of rotatable bonds is 7. The van der Waals surface area contributed by atoms with Gasteiger partial charge in [0, 0.05) is 12.5 Å². The molecule has 2 aliphatic rings. The minimum absolute atomic E-state index is 0.0376. The highest BCUT2D eigenvalue weighted by molar-refractivity contribution is 5.90.